The first-order valence-corrected chi connectivity index (χ1v) is 7.04. The Morgan fingerprint density at radius 2 is 2.37 bits per heavy atom. The summed E-state index contributed by atoms with van der Waals surface area (Å²) >= 11 is 0. The molecule has 102 valence electrons. The van der Waals surface area contributed by atoms with Gasteiger partial charge in [-0.2, -0.15) is 0 Å². The molecule has 1 atom stereocenters. The maximum atomic E-state index is 11.8. The van der Waals surface area contributed by atoms with Crippen molar-refractivity contribution < 1.29 is 9.53 Å². The zero-order valence-corrected chi connectivity index (χ0v) is 11.3. The molecular formula is C15H20N2O2. The van der Waals surface area contributed by atoms with Gasteiger partial charge in [0.15, 0.2) is 0 Å². The third-order valence-corrected chi connectivity index (χ3v) is 4.01. The molecule has 0 spiro atoms. The summed E-state index contributed by atoms with van der Waals surface area (Å²) in [5, 5.41) is 2.91. The van der Waals surface area contributed by atoms with E-state index in [1.54, 1.807) is 0 Å². The van der Waals surface area contributed by atoms with Gasteiger partial charge >= 0.3 is 0 Å². The second-order valence-corrected chi connectivity index (χ2v) is 5.20. The summed E-state index contributed by atoms with van der Waals surface area (Å²) in [4.78, 5) is 14.0. The van der Waals surface area contributed by atoms with E-state index in [1.165, 1.54) is 11.1 Å². The van der Waals surface area contributed by atoms with Crippen molar-refractivity contribution in [3.05, 3.63) is 29.3 Å². The molecule has 3 rings (SSSR count). The molecule has 1 amide bonds. The van der Waals surface area contributed by atoms with E-state index in [0.717, 1.165) is 44.8 Å². The van der Waals surface area contributed by atoms with Gasteiger partial charge in [-0.1, -0.05) is 19.1 Å². The molecule has 19 heavy (non-hydrogen) atoms. The van der Waals surface area contributed by atoms with Crippen LogP contribution in [0, 0.1) is 0 Å². The maximum Gasteiger partial charge on any atom is 0.237 e. The van der Waals surface area contributed by atoms with E-state index in [1.807, 2.05) is 0 Å². The van der Waals surface area contributed by atoms with Crippen LogP contribution in [0.5, 0.6) is 5.75 Å². The lowest BCUT2D eigenvalue weighted by molar-refractivity contribution is -0.123. The molecule has 2 aliphatic heterocycles. The summed E-state index contributed by atoms with van der Waals surface area (Å²) < 4.78 is 5.52. The van der Waals surface area contributed by atoms with Crippen LogP contribution in [0.2, 0.25) is 0 Å². The van der Waals surface area contributed by atoms with Crippen LogP contribution in [0.4, 0.5) is 0 Å². The van der Waals surface area contributed by atoms with Crippen molar-refractivity contribution in [2.75, 3.05) is 19.7 Å². The van der Waals surface area contributed by atoms with Crippen molar-refractivity contribution in [2.45, 2.75) is 32.4 Å². The van der Waals surface area contributed by atoms with Gasteiger partial charge < -0.3 is 10.1 Å². The van der Waals surface area contributed by atoms with E-state index in [-0.39, 0.29) is 11.9 Å². The van der Waals surface area contributed by atoms with Crippen LogP contribution in [0.15, 0.2) is 18.2 Å². The topological polar surface area (TPSA) is 41.6 Å². The normalized spacial score (nSPS) is 21.4. The summed E-state index contributed by atoms with van der Waals surface area (Å²) in [5.41, 5.74) is 2.57. The van der Waals surface area contributed by atoms with Crippen LogP contribution < -0.4 is 10.1 Å². The van der Waals surface area contributed by atoms with Gasteiger partial charge in [0.2, 0.25) is 5.91 Å². The van der Waals surface area contributed by atoms with E-state index in [0.29, 0.717) is 0 Å². The van der Waals surface area contributed by atoms with E-state index in [9.17, 15) is 4.79 Å². The Kier molecular flexibility index (Phi) is 3.42. The molecule has 0 radical (unpaired) electrons. The van der Waals surface area contributed by atoms with Crippen LogP contribution in [-0.4, -0.2) is 36.5 Å². The first-order chi connectivity index (χ1) is 9.28. The molecule has 0 aromatic heterocycles. The molecule has 0 saturated carbocycles. The Morgan fingerprint density at radius 1 is 1.47 bits per heavy atom. The van der Waals surface area contributed by atoms with E-state index >= 15 is 0 Å². The third kappa shape index (κ3) is 2.45. The second-order valence-electron chi connectivity index (χ2n) is 5.20. The number of nitrogens with one attached hydrogen (secondary N) is 1. The number of carbonyl (C=O) groups is 1. The van der Waals surface area contributed by atoms with Crippen LogP contribution >= 0.6 is 0 Å². The fourth-order valence-corrected chi connectivity index (χ4v) is 2.94. The van der Waals surface area contributed by atoms with Crippen molar-refractivity contribution in [1.29, 1.82) is 0 Å². The molecule has 1 aromatic rings. The molecular weight excluding hydrogens is 240 g/mol. The number of ether oxygens (including phenoxy) is 1. The van der Waals surface area contributed by atoms with Crippen molar-refractivity contribution in [1.82, 2.24) is 10.2 Å². The van der Waals surface area contributed by atoms with Crippen LogP contribution in [0.25, 0.3) is 0 Å². The number of hydrogen-bond acceptors (Lipinski definition) is 3. The molecule has 0 bridgehead atoms. The Labute approximate surface area is 113 Å². The summed E-state index contributed by atoms with van der Waals surface area (Å²) in [6, 6.07) is 6.42. The van der Waals surface area contributed by atoms with Gasteiger partial charge in [-0.15, -0.1) is 0 Å². The van der Waals surface area contributed by atoms with E-state index < -0.39 is 0 Å². The highest BCUT2D eigenvalue weighted by molar-refractivity contribution is 5.83. The zero-order valence-electron chi connectivity index (χ0n) is 11.3. The lowest BCUT2D eigenvalue weighted by Gasteiger charge is -2.25. The van der Waals surface area contributed by atoms with Crippen molar-refractivity contribution >= 4 is 5.91 Å². The van der Waals surface area contributed by atoms with Crippen molar-refractivity contribution in [3.8, 4) is 5.75 Å². The van der Waals surface area contributed by atoms with Gasteiger partial charge in [0.05, 0.1) is 12.6 Å². The fraction of sp³-hybridized carbons (Fsp3) is 0.533. The number of rotatable bonds is 4. The van der Waals surface area contributed by atoms with Gasteiger partial charge in [-0.25, -0.2) is 0 Å². The zero-order chi connectivity index (χ0) is 13.2. The Morgan fingerprint density at radius 3 is 3.11 bits per heavy atom. The minimum atomic E-state index is 0.0366. The average molecular weight is 260 g/mol. The first-order valence-electron chi connectivity index (χ1n) is 7.04. The number of amides is 1. The van der Waals surface area contributed by atoms with E-state index in [4.69, 9.17) is 4.74 Å². The smallest absolute Gasteiger partial charge is 0.237 e. The lowest BCUT2D eigenvalue weighted by Crippen LogP contribution is -2.40. The minimum Gasteiger partial charge on any atom is -0.493 e. The van der Waals surface area contributed by atoms with Gasteiger partial charge in [0.25, 0.3) is 0 Å². The van der Waals surface area contributed by atoms with Crippen molar-refractivity contribution in [2.24, 2.45) is 0 Å². The molecule has 0 unspecified atom stereocenters. The highest BCUT2D eigenvalue weighted by Crippen LogP contribution is 2.26. The molecule has 1 N–H and O–H groups in total. The fourth-order valence-electron chi connectivity index (χ4n) is 2.94. The predicted octanol–water partition coefficient (Wildman–Crippen LogP) is 1.33. The Hall–Kier alpha value is -1.55. The summed E-state index contributed by atoms with van der Waals surface area (Å²) in [5.74, 6) is 1.19. The molecule has 1 saturated heterocycles. The SMILES string of the molecule is CCN(Cc1ccc2c(c1)CCO2)[C@H]1CCNC1=O. The standard InChI is InChI=1S/C15H20N2O2/c1-2-17(13-5-7-16-15(13)18)10-11-3-4-14-12(9-11)6-8-19-14/h3-4,9,13H,2,5-8,10H2,1H3,(H,16,18)/t13-/m0/s1. The van der Waals surface area contributed by atoms with Crippen LogP contribution in [-0.2, 0) is 17.8 Å². The summed E-state index contributed by atoms with van der Waals surface area (Å²) in [7, 11) is 0. The van der Waals surface area contributed by atoms with Crippen LogP contribution in [0.1, 0.15) is 24.5 Å². The molecule has 0 aliphatic carbocycles. The first kappa shape index (κ1) is 12.5. The van der Waals surface area contributed by atoms with Crippen molar-refractivity contribution in [3.63, 3.8) is 0 Å². The largest absolute Gasteiger partial charge is 0.493 e. The number of hydrogen-bond donors (Lipinski definition) is 1. The monoisotopic (exact) mass is 260 g/mol. The molecule has 1 aromatic carbocycles. The second kappa shape index (κ2) is 5.21. The molecule has 4 nitrogen and oxygen atoms in total. The highest BCUT2D eigenvalue weighted by atomic mass is 16.5. The van der Waals surface area contributed by atoms with Gasteiger partial charge in [-0.05, 0) is 30.2 Å². The minimum absolute atomic E-state index is 0.0366. The Balaban J connectivity index is 1.73. The lowest BCUT2D eigenvalue weighted by atomic mass is 10.1. The molecule has 4 heteroatoms. The summed E-state index contributed by atoms with van der Waals surface area (Å²) in [6.45, 7) is 5.44. The predicted molar refractivity (Wildman–Crippen MR) is 73.1 cm³/mol. The molecule has 2 aliphatic rings. The highest BCUT2D eigenvalue weighted by Gasteiger charge is 2.29. The average Bonchev–Trinajstić information content (AvgIpc) is 3.04. The van der Waals surface area contributed by atoms with Gasteiger partial charge in [0, 0.05) is 19.5 Å². The number of nitrogens with zero attached hydrogens (tertiary/aromatic N) is 1. The van der Waals surface area contributed by atoms with Crippen LogP contribution in [0.3, 0.4) is 0 Å². The third-order valence-electron chi connectivity index (χ3n) is 4.01. The van der Waals surface area contributed by atoms with E-state index in [2.05, 4.69) is 35.3 Å². The number of benzene rings is 1. The quantitative estimate of drug-likeness (QED) is 0.888. The van der Waals surface area contributed by atoms with Gasteiger partial charge in [-0.3, -0.25) is 9.69 Å². The maximum absolute atomic E-state index is 11.8. The number of fused-ring (bicyclic) bond motifs is 1. The Bertz CT molecular complexity index is 487. The summed E-state index contributed by atoms with van der Waals surface area (Å²) in [6.07, 6.45) is 1.92. The number of carbonyl (C=O) groups excluding carboxylic acids is 1. The molecule has 1 fully saturated rings. The number of likely N-dealkylation sites (N-methyl/N-ethyl adjacent to an activating group) is 1. The van der Waals surface area contributed by atoms with Gasteiger partial charge in [0.1, 0.15) is 5.75 Å². The molecule has 2 heterocycles.